The van der Waals surface area contributed by atoms with Gasteiger partial charge >= 0.3 is 0 Å². The molecule has 0 spiro atoms. The molecular formula is C18H26N2OS. The van der Waals surface area contributed by atoms with Gasteiger partial charge in [0.1, 0.15) is 0 Å². The van der Waals surface area contributed by atoms with Gasteiger partial charge in [0.15, 0.2) is 0 Å². The van der Waals surface area contributed by atoms with E-state index in [0.717, 1.165) is 36.7 Å². The van der Waals surface area contributed by atoms with Crippen molar-refractivity contribution >= 4 is 17.2 Å². The van der Waals surface area contributed by atoms with Crippen LogP contribution in [0.2, 0.25) is 0 Å². The molecule has 2 fully saturated rings. The molecule has 0 N–H and O–H groups in total. The molecule has 4 rings (SSSR count). The van der Waals surface area contributed by atoms with Crippen molar-refractivity contribution < 1.29 is 4.79 Å². The van der Waals surface area contributed by atoms with Gasteiger partial charge in [-0.05, 0) is 69.2 Å². The lowest BCUT2D eigenvalue weighted by Crippen LogP contribution is -2.36. The third kappa shape index (κ3) is 2.71. The Morgan fingerprint density at radius 2 is 2.05 bits per heavy atom. The van der Waals surface area contributed by atoms with Crippen LogP contribution in [0.1, 0.15) is 52.7 Å². The van der Waals surface area contributed by atoms with E-state index in [1.165, 1.54) is 49.2 Å². The molecule has 1 amide bonds. The van der Waals surface area contributed by atoms with Gasteiger partial charge in [0.2, 0.25) is 0 Å². The SMILES string of the molecule is CC1CCc2sc(C(=O)N3CCC(N4CCCC4)C3)cc2C1. The molecular weight excluding hydrogens is 292 g/mol. The number of carbonyl (C=O) groups excluding carboxylic acids is 1. The molecule has 2 saturated heterocycles. The summed E-state index contributed by atoms with van der Waals surface area (Å²) in [6.07, 6.45) is 7.44. The average molecular weight is 318 g/mol. The smallest absolute Gasteiger partial charge is 0.263 e. The van der Waals surface area contributed by atoms with Crippen LogP contribution < -0.4 is 0 Å². The summed E-state index contributed by atoms with van der Waals surface area (Å²) < 4.78 is 0. The number of rotatable bonds is 2. The lowest BCUT2D eigenvalue weighted by atomic mass is 9.90. The number of carbonyl (C=O) groups is 1. The molecule has 1 aromatic rings. The summed E-state index contributed by atoms with van der Waals surface area (Å²) in [5.74, 6) is 1.06. The molecule has 3 heterocycles. The molecule has 120 valence electrons. The Kier molecular flexibility index (Phi) is 3.99. The first-order valence-electron chi connectivity index (χ1n) is 8.85. The van der Waals surface area contributed by atoms with E-state index in [-0.39, 0.29) is 5.91 Å². The highest BCUT2D eigenvalue weighted by atomic mass is 32.1. The minimum Gasteiger partial charge on any atom is -0.336 e. The Balaban J connectivity index is 1.44. The molecule has 3 aliphatic rings. The van der Waals surface area contributed by atoms with Gasteiger partial charge in [-0.2, -0.15) is 0 Å². The minimum atomic E-state index is 0.286. The Morgan fingerprint density at radius 1 is 1.23 bits per heavy atom. The number of likely N-dealkylation sites (tertiary alicyclic amines) is 2. The van der Waals surface area contributed by atoms with Crippen LogP contribution in [-0.2, 0) is 12.8 Å². The second-order valence-corrected chi connectivity index (χ2v) is 8.48. The number of hydrogen-bond acceptors (Lipinski definition) is 3. The Bertz CT molecular complexity index is 561. The summed E-state index contributed by atoms with van der Waals surface area (Å²) in [5, 5.41) is 0. The largest absolute Gasteiger partial charge is 0.336 e. The molecule has 2 atom stereocenters. The third-order valence-corrected chi connectivity index (χ3v) is 6.87. The Morgan fingerprint density at radius 3 is 2.86 bits per heavy atom. The van der Waals surface area contributed by atoms with E-state index in [1.807, 2.05) is 0 Å². The molecule has 4 heteroatoms. The summed E-state index contributed by atoms with van der Waals surface area (Å²) in [7, 11) is 0. The molecule has 2 aliphatic heterocycles. The molecule has 0 aromatic carbocycles. The van der Waals surface area contributed by atoms with Gasteiger partial charge in [-0.3, -0.25) is 9.69 Å². The summed E-state index contributed by atoms with van der Waals surface area (Å²) in [6.45, 7) is 6.68. The standard InChI is InChI=1S/C18H26N2OS/c1-13-4-5-16-14(10-13)11-17(22-16)18(21)20-9-6-15(12-20)19-7-2-3-8-19/h11,13,15H,2-10,12H2,1H3. The first-order chi connectivity index (χ1) is 10.7. The fourth-order valence-corrected chi connectivity index (χ4v) is 5.47. The molecule has 0 saturated carbocycles. The van der Waals surface area contributed by atoms with Crippen LogP contribution in [0.15, 0.2) is 6.07 Å². The normalized spacial score (nSPS) is 29.0. The predicted octanol–water partition coefficient (Wildman–Crippen LogP) is 3.18. The van der Waals surface area contributed by atoms with Gasteiger partial charge in [0.25, 0.3) is 5.91 Å². The number of hydrogen-bond donors (Lipinski definition) is 0. The summed E-state index contributed by atoms with van der Waals surface area (Å²) in [4.78, 5) is 20.0. The van der Waals surface area contributed by atoms with Crippen molar-refractivity contribution in [2.24, 2.45) is 5.92 Å². The second kappa shape index (κ2) is 5.97. The number of fused-ring (bicyclic) bond motifs is 1. The van der Waals surface area contributed by atoms with Crippen LogP contribution in [0, 0.1) is 5.92 Å². The fraction of sp³-hybridized carbons (Fsp3) is 0.722. The van der Waals surface area contributed by atoms with Crippen LogP contribution >= 0.6 is 11.3 Å². The van der Waals surface area contributed by atoms with E-state index in [4.69, 9.17) is 0 Å². The summed E-state index contributed by atoms with van der Waals surface area (Å²) in [5.41, 5.74) is 1.45. The monoisotopic (exact) mass is 318 g/mol. The van der Waals surface area contributed by atoms with Crippen LogP contribution in [0.4, 0.5) is 0 Å². The highest BCUT2D eigenvalue weighted by Gasteiger charge is 2.33. The number of thiophene rings is 1. The zero-order chi connectivity index (χ0) is 15.1. The van der Waals surface area contributed by atoms with Gasteiger partial charge in [-0.15, -0.1) is 11.3 Å². The van der Waals surface area contributed by atoms with Gasteiger partial charge in [-0.1, -0.05) is 6.92 Å². The Labute approximate surface area is 137 Å². The molecule has 1 aromatic heterocycles. The van der Waals surface area contributed by atoms with Crippen LogP contribution in [0.25, 0.3) is 0 Å². The van der Waals surface area contributed by atoms with Crippen molar-refractivity contribution in [1.82, 2.24) is 9.80 Å². The topological polar surface area (TPSA) is 23.6 Å². The van der Waals surface area contributed by atoms with Crippen LogP contribution in [-0.4, -0.2) is 47.9 Å². The van der Waals surface area contributed by atoms with Crippen molar-refractivity contribution in [2.75, 3.05) is 26.2 Å². The van der Waals surface area contributed by atoms with Crippen LogP contribution in [0.5, 0.6) is 0 Å². The Hall–Kier alpha value is -0.870. The van der Waals surface area contributed by atoms with Gasteiger partial charge in [-0.25, -0.2) is 0 Å². The third-order valence-electron chi connectivity index (χ3n) is 5.65. The molecule has 0 radical (unpaired) electrons. The molecule has 1 aliphatic carbocycles. The van der Waals surface area contributed by atoms with Crippen molar-refractivity contribution in [3.8, 4) is 0 Å². The van der Waals surface area contributed by atoms with Crippen molar-refractivity contribution in [2.45, 2.75) is 51.5 Å². The first kappa shape index (κ1) is 14.7. The minimum absolute atomic E-state index is 0.286. The maximum Gasteiger partial charge on any atom is 0.263 e. The predicted molar refractivity (Wildman–Crippen MR) is 90.6 cm³/mol. The van der Waals surface area contributed by atoms with E-state index in [2.05, 4.69) is 22.8 Å². The van der Waals surface area contributed by atoms with E-state index in [1.54, 1.807) is 11.3 Å². The lowest BCUT2D eigenvalue weighted by Gasteiger charge is -2.23. The number of amides is 1. The van der Waals surface area contributed by atoms with E-state index < -0.39 is 0 Å². The van der Waals surface area contributed by atoms with E-state index in [0.29, 0.717) is 6.04 Å². The van der Waals surface area contributed by atoms with E-state index in [9.17, 15) is 4.79 Å². The highest BCUT2D eigenvalue weighted by Crippen LogP contribution is 2.33. The number of nitrogens with zero attached hydrogens (tertiary/aromatic N) is 2. The first-order valence-corrected chi connectivity index (χ1v) is 9.67. The maximum absolute atomic E-state index is 12.8. The van der Waals surface area contributed by atoms with Gasteiger partial charge < -0.3 is 4.90 Å². The zero-order valence-corrected chi connectivity index (χ0v) is 14.3. The average Bonchev–Trinajstić information content (AvgIpc) is 3.24. The molecule has 2 unspecified atom stereocenters. The summed E-state index contributed by atoms with van der Waals surface area (Å²) in [6, 6.07) is 2.81. The van der Waals surface area contributed by atoms with Crippen molar-refractivity contribution in [3.63, 3.8) is 0 Å². The van der Waals surface area contributed by atoms with Gasteiger partial charge in [0.05, 0.1) is 4.88 Å². The molecule has 0 bridgehead atoms. The quantitative estimate of drug-likeness (QED) is 0.836. The van der Waals surface area contributed by atoms with Crippen LogP contribution in [0.3, 0.4) is 0 Å². The molecule has 3 nitrogen and oxygen atoms in total. The molecule has 22 heavy (non-hydrogen) atoms. The lowest BCUT2D eigenvalue weighted by molar-refractivity contribution is 0.0784. The zero-order valence-electron chi connectivity index (χ0n) is 13.5. The van der Waals surface area contributed by atoms with Crippen molar-refractivity contribution in [1.29, 1.82) is 0 Å². The van der Waals surface area contributed by atoms with Crippen molar-refractivity contribution in [3.05, 3.63) is 21.4 Å². The fourth-order valence-electron chi connectivity index (χ4n) is 4.30. The second-order valence-electron chi connectivity index (χ2n) is 7.34. The highest BCUT2D eigenvalue weighted by molar-refractivity contribution is 7.14. The maximum atomic E-state index is 12.8. The van der Waals surface area contributed by atoms with Gasteiger partial charge in [0, 0.05) is 24.0 Å². The summed E-state index contributed by atoms with van der Waals surface area (Å²) >= 11 is 1.76. The van der Waals surface area contributed by atoms with E-state index >= 15 is 0 Å². The number of aryl methyl sites for hydroxylation is 1.